The average Bonchev–Trinajstić information content (AvgIpc) is 3.50. The number of benzene rings is 1. The van der Waals surface area contributed by atoms with Crippen LogP contribution in [0.15, 0.2) is 18.2 Å². The molecular weight excluding hydrogens is 542 g/mol. The third-order valence-electron chi connectivity index (χ3n) is 8.91. The lowest BCUT2D eigenvalue weighted by atomic mass is 9.87. The standard InChI is InChI=1S/C31H45N3O8/c1-18(32-29(39)21-9-11-22(35)12-10-21)28(38)34-24(15-20-8-13-26(41-3)25(36)16-20)30(40)33-23(14-19-6-4-5-7-19)27(37)31(2)17-42-31/h8,13,16,18-19,21-24,35-36H,4-7,9-12,14-15,17H2,1-3H3,(H,32,39)(H,33,40)(H,34,38)/t18-,21?,22?,23+,24+,31-/m1/s1. The summed E-state index contributed by atoms with van der Waals surface area (Å²) in [5, 5.41) is 28.4. The zero-order valence-corrected chi connectivity index (χ0v) is 24.8. The molecule has 1 aromatic rings. The van der Waals surface area contributed by atoms with Gasteiger partial charge in [0.05, 0.1) is 25.9 Å². The van der Waals surface area contributed by atoms with Gasteiger partial charge in [0, 0.05) is 12.3 Å². The summed E-state index contributed by atoms with van der Waals surface area (Å²) in [5.41, 5.74) is -0.340. The smallest absolute Gasteiger partial charge is 0.243 e. The van der Waals surface area contributed by atoms with Gasteiger partial charge in [0.15, 0.2) is 17.3 Å². The first-order valence-corrected chi connectivity index (χ1v) is 15.1. The molecular formula is C31H45N3O8. The van der Waals surface area contributed by atoms with Crippen LogP contribution in [0, 0.1) is 11.8 Å². The van der Waals surface area contributed by atoms with Gasteiger partial charge in [-0.15, -0.1) is 0 Å². The Kier molecular flexibility index (Phi) is 10.5. The van der Waals surface area contributed by atoms with Crippen LogP contribution >= 0.6 is 0 Å². The summed E-state index contributed by atoms with van der Waals surface area (Å²) in [4.78, 5) is 53.1. The summed E-state index contributed by atoms with van der Waals surface area (Å²) < 4.78 is 10.5. The van der Waals surface area contributed by atoms with Gasteiger partial charge in [0.2, 0.25) is 17.7 Å². The van der Waals surface area contributed by atoms with E-state index in [0.717, 1.165) is 25.7 Å². The summed E-state index contributed by atoms with van der Waals surface area (Å²) in [5.74, 6) is -1.30. The van der Waals surface area contributed by atoms with Crippen LogP contribution in [0.25, 0.3) is 0 Å². The van der Waals surface area contributed by atoms with E-state index in [4.69, 9.17) is 9.47 Å². The number of ketones is 1. The quantitative estimate of drug-likeness (QED) is 0.218. The number of amides is 3. The lowest BCUT2D eigenvalue weighted by Crippen LogP contribution is -2.57. The highest BCUT2D eigenvalue weighted by Crippen LogP contribution is 2.34. The van der Waals surface area contributed by atoms with E-state index in [1.54, 1.807) is 26.0 Å². The highest BCUT2D eigenvalue weighted by atomic mass is 16.6. The number of phenolic OH excluding ortho intramolecular Hbond substituents is 1. The van der Waals surface area contributed by atoms with Gasteiger partial charge >= 0.3 is 0 Å². The molecule has 3 aliphatic rings. The van der Waals surface area contributed by atoms with Crippen molar-refractivity contribution in [1.82, 2.24) is 16.0 Å². The second-order valence-corrected chi connectivity index (χ2v) is 12.3. The molecule has 0 spiro atoms. The van der Waals surface area contributed by atoms with Crippen LogP contribution in [0.3, 0.4) is 0 Å². The Morgan fingerprint density at radius 3 is 2.24 bits per heavy atom. The number of aromatic hydroxyl groups is 1. The van der Waals surface area contributed by atoms with Crippen LogP contribution in [0.1, 0.15) is 77.2 Å². The van der Waals surface area contributed by atoms with E-state index in [2.05, 4.69) is 16.0 Å². The Hall–Kier alpha value is -3.18. The molecule has 11 nitrogen and oxygen atoms in total. The van der Waals surface area contributed by atoms with Crippen molar-refractivity contribution < 1.29 is 38.9 Å². The van der Waals surface area contributed by atoms with Crippen molar-refractivity contribution in [3.8, 4) is 11.5 Å². The van der Waals surface area contributed by atoms with Crippen molar-refractivity contribution in [2.24, 2.45) is 11.8 Å². The van der Waals surface area contributed by atoms with E-state index in [1.807, 2.05) is 0 Å². The molecule has 42 heavy (non-hydrogen) atoms. The molecule has 4 rings (SSSR count). The van der Waals surface area contributed by atoms with Crippen LogP contribution in [0.4, 0.5) is 0 Å². The lowest BCUT2D eigenvalue weighted by Gasteiger charge is -2.28. The number of hydrogen-bond donors (Lipinski definition) is 5. The van der Waals surface area contributed by atoms with E-state index in [0.29, 0.717) is 50.2 Å². The lowest BCUT2D eigenvalue weighted by molar-refractivity contribution is -0.135. The van der Waals surface area contributed by atoms with Crippen LogP contribution in [0.2, 0.25) is 0 Å². The molecule has 232 valence electrons. The Morgan fingerprint density at radius 1 is 1.00 bits per heavy atom. The molecule has 1 aliphatic heterocycles. The molecule has 11 heteroatoms. The van der Waals surface area contributed by atoms with Crippen LogP contribution < -0.4 is 20.7 Å². The van der Waals surface area contributed by atoms with Crippen molar-refractivity contribution in [1.29, 1.82) is 0 Å². The molecule has 1 saturated heterocycles. The third-order valence-corrected chi connectivity index (χ3v) is 8.91. The van der Waals surface area contributed by atoms with Gasteiger partial charge in [-0.05, 0) is 69.6 Å². The Bertz CT molecular complexity index is 1140. The largest absolute Gasteiger partial charge is 0.504 e. The summed E-state index contributed by atoms with van der Waals surface area (Å²) in [7, 11) is 1.43. The SMILES string of the molecule is COc1ccc(C[C@H](NC(=O)[C@@H](C)NC(=O)C2CCC(O)CC2)C(=O)N[C@@H](CC2CCCC2)C(=O)[C@@]2(C)CO2)cc1O. The molecule has 1 heterocycles. The van der Waals surface area contributed by atoms with Crippen molar-refractivity contribution in [3.63, 3.8) is 0 Å². The fourth-order valence-electron chi connectivity index (χ4n) is 6.04. The highest BCUT2D eigenvalue weighted by molar-refractivity contribution is 5.98. The minimum absolute atomic E-state index is 0.0361. The van der Waals surface area contributed by atoms with E-state index < -0.39 is 41.6 Å². The first-order valence-electron chi connectivity index (χ1n) is 15.1. The number of carbonyl (C=O) groups excluding carboxylic acids is 4. The number of nitrogens with one attached hydrogen (secondary N) is 3. The second-order valence-electron chi connectivity index (χ2n) is 12.3. The van der Waals surface area contributed by atoms with Gasteiger partial charge in [-0.25, -0.2) is 0 Å². The van der Waals surface area contributed by atoms with Gasteiger partial charge < -0.3 is 35.6 Å². The number of carbonyl (C=O) groups is 4. The predicted octanol–water partition coefficient (Wildman–Crippen LogP) is 1.91. The van der Waals surface area contributed by atoms with Crippen LogP contribution in [-0.4, -0.2) is 77.3 Å². The number of epoxide rings is 1. The molecule has 5 N–H and O–H groups in total. The van der Waals surface area contributed by atoms with Gasteiger partial charge in [-0.2, -0.15) is 0 Å². The van der Waals surface area contributed by atoms with E-state index in [-0.39, 0.29) is 35.5 Å². The monoisotopic (exact) mass is 587 g/mol. The molecule has 3 amide bonds. The zero-order chi connectivity index (χ0) is 30.4. The molecule has 0 radical (unpaired) electrons. The fraction of sp³-hybridized carbons (Fsp3) is 0.677. The number of rotatable bonds is 13. The van der Waals surface area contributed by atoms with Crippen molar-refractivity contribution in [2.45, 2.75) is 108 Å². The molecule has 3 fully saturated rings. The van der Waals surface area contributed by atoms with Crippen molar-refractivity contribution in [3.05, 3.63) is 23.8 Å². The molecule has 2 saturated carbocycles. The van der Waals surface area contributed by atoms with E-state index >= 15 is 0 Å². The molecule has 1 aromatic carbocycles. The Balaban J connectivity index is 1.47. The van der Waals surface area contributed by atoms with E-state index in [9.17, 15) is 29.4 Å². The van der Waals surface area contributed by atoms with Gasteiger partial charge in [0.25, 0.3) is 0 Å². The minimum atomic E-state index is -1.08. The van der Waals surface area contributed by atoms with E-state index in [1.165, 1.54) is 13.2 Å². The number of methoxy groups -OCH3 is 1. The summed E-state index contributed by atoms with van der Waals surface area (Å²) in [6.45, 7) is 3.59. The molecule has 0 aromatic heterocycles. The minimum Gasteiger partial charge on any atom is -0.504 e. The maximum atomic E-state index is 13.7. The number of aliphatic hydroxyl groups is 1. The predicted molar refractivity (Wildman–Crippen MR) is 154 cm³/mol. The zero-order valence-electron chi connectivity index (χ0n) is 24.8. The number of aliphatic hydroxyl groups excluding tert-OH is 1. The molecule has 2 aliphatic carbocycles. The second kappa shape index (κ2) is 13.9. The highest BCUT2D eigenvalue weighted by Gasteiger charge is 2.50. The molecule has 0 unspecified atom stereocenters. The van der Waals surface area contributed by atoms with Crippen LogP contribution in [-0.2, 0) is 30.3 Å². The first-order chi connectivity index (χ1) is 20.0. The number of ether oxygens (including phenoxy) is 2. The summed E-state index contributed by atoms with van der Waals surface area (Å²) in [6, 6.07) is 1.97. The van der Waals surface area contributed by atoms with Crippen LogP contribution in [0.5, 0.6) is 11.5 Å². The molecule has 4 atom stereocenters. The topological polar surface area (TPSA) is 167 Å². The maximum Gasteiger partial charge on any atom is 0.243 e. The summed E-state index contributed by atoms with van der Waals surface area (Å²) in [6.07, 6.45) is 6.52. The number of Topliss-reactive ketones (excluding diaryl/α,β-unsaturated/α-hetero) is 1. The average molecular weight is 588 g/mol. The van der Waals surface area contributed by atoms with Gasteiger partial charge in [-0.3, -0.25) is 19.2 Å². The Labute approximate surface area is 247 Å². The summed E-state index contributed by atoms with van der Waals surface area (Å²) >= 11 is 0. The van der Waals surface area contributed by atoms with Crippen molar-refractivity contribution >= 4 is 23.5 Å². The van der Waals surface area contributed by atoms with Gasteiger partial charge in [-0.1, -0.05) is 31.7 Å². The number of hydrogen-bond acceptors (Lipinski definition) is 8. The van der Waals surface area contributed by atoms with Crippen molar-refractivity contribution in [2.75, 3.05) is 13.7 Å². The Morgan fingerprint density at radius 2 is 1.64 bits per heavy atom. The maximum absolute atomic E-state index is 13.7. The molecule has 0 bridgehead atoms. The fourth-order valence-corrected chi connectivity index (χ4v) is 6.04. The first kappa shape index (κ1) is 31.7. The normalized spacial score (nSPS) is 26.0. The van der Waals surface area contributed by atoms with Gasteiger partial charge in [0.1, 0.15) is 17.7 Å². The third kappa shape index (κ3) is 8.22. The number of phenols is 1.